The second-order valence-corrected chi connectivity index (χ2v) is 5.52. The first-order valence-corrected chi connectivity index (χ1v) is 7.75. The molecule has 0 saturated heterocycles. The van der Waals surface area contributed by atoms with Crippen molar-refractivity contribution in [2.24, 2.45) is 0 Å². The topological polar surface area (TPSA) is 52.1 Å². The van der Waals surface area contributed by atoms with E-state index >= 15 is 0 Å². The Balaban J connectivity index is 2.11. The number of pyridine rings is 1. The molecule has 4 nitrogen and oxygen atoms in total. The standard InChI is InChI=1S/C17H14N2O2S/c1-2-21-17(20)15-14(12-7-4-3-5-8-12)19-16(22-15)13-9-6-10-18-11-13/h3-11H,2H2,1H3. The van der Waals surface area contributed by atoms with Gasteiger partial charge in [0.15, 0.2) is 0 Å². The molecule has 3 rings (SSSR count). The molecule has 2 aromatic heterocycles. The zero-order valence-electron chi connectivity index (χ0n) is 12.0. The minimum absolute atomic E-state index is 0.339. The zero-order chi connectivity index (χ0) is 15.4. The van der Waals surface area contributed by atoms with Crippen LogP contribution >= 0.6 is 11.3 Å². The summed E-state index contributed by atoms with van der Waals surface area (Å²) >= 11 is 1.33. The fourth-order valence-electron chi connectivity index (χ4n) is 2.06. The summed E-state index contributed by atoms with van der Waals surface area (Å²) in [5.74, 6) is -0.339. The molecule has 0 spiro atoms. The van der Waals surface area contributed by atoms with Crippen molar-refractivity contribution in [3.8, 4) is 21.8 Å². The molecule has 22 heavy (non-hydrogen) atoms. The van der Waals surface area contributed by atoms with Crippen LogP contribution in [0.2, 0.25) is 0 Å². The average Bonchev–Trinajstić information content (AvgIpc) is 3.02. The SMILES string of the molecule is CCOC(=O)c1sc(-c2cccnc2)nc1-c1ccccc1. The van der Waals surface area contributed by atoms with Crippen LogP contribution in [0.15, 0.2) is 54.9 Å². The predicted octanol–water partition coefficient (Wildman–Crippen LogP) is 4.05. The van der Waals surface area contributed by atoms with Crippen molar-refractivity contribution in [3.63, 3.8) is 0 Å². The number of carbonyl (C=O) groups excluding carboxylic acids is 1. The lowest BCUT2D eigenvalue weighted by molar-refractivity contribution is 0.0532. The van der Waals surface area contributed by atoms with Gasteiger partial charge >= 0.3 is 5.97 Å². The van der Waals surface area contributed by atoms with Crippen molar-refractivity contribution in [3.05, 3.63) is 59.7 Å². The summed E-state index contributed by atoms with van der Waals surface area (Å²) in [5, 5.41) is 0.759. The molecular weight excluding hydrogens is 296 g/mol. The van der Waals surface area contributed by atoms with Gasteiger partial charge in [-0.2, -0.15) is 0 Å². The molecule has 0 radical (unpaired) electrons. The van der Waals surface area contributed by atoms with Crippen LogP contribution in [0.4, 0.5) is 0 Å². The van der Waals surface area contributed by atoms with Gasteiger partial charge in [-0.05, 0) is 19.1 Å². The number of nitrogens with zero attached hydrogens (tertiary/aromatic N) is 2. The maximum Gasteiger partial charge on any atom is 0.350 e. The third-order valence-electron chi connectivity index (χ3n) is 3.04. The first-order chi connectivity index (χ1) is 10.8. The molecule has 0 fully saturated rings. The molecule has 0 amide bonds. The molecule has 2 heterocycles. The summed E-state index contributed by atoms with van der Waals surface area (Å²) in [5.41, 5.74) is 2.44. The summed E-state index contributed by atoms with van der Waals surface area (Å²) < 4.78 is 5.16. The Bertz CT molecular complexity index is 770. The predicted molar refractivity (Wildman–Crippen MR) is 86.7 cm³/mol. The molecular formula is C17H14N2O2S. The molecule has 0 N–H and O–H groups in total. The second-order valence-electron chi connectivity index (χ2n) is 4.52. The first-order valence-electron chi connectivity index (χ1n) is 6.93. The molecule has 0 atom stereocenters. The zero-order valence-corrected chi connectivity index (χ0v) is 12.8. The summed E-state index contributed by atoms with van der Waals surface area (Å²) in [7, 11) is 0. The van der Waals surface area contributed by atoms with E-state index in [1.807, 2.05) is 42.5 Å². The Kier molecular flexibility index (Phi) is 4.25. The van der Waals surface area contributed by atoms with Gasteiger partial charge in [0.2, 0.25) is 0 Å². The number of aromatic nitrogens is 2. The number of benzene rings is 1. The fraction of sp³-hybridized carbons (Fsp3) is 0.118. The van der Waals surface area contributed by atoms with E-state index in [1.54, 1.807) is 19.3 Å². The van der Waals surface area contributed by atoms with Crippen LogP contribution in [-0.2, 0) is 4.74 Å². The lowest BCUT2D eigenvalue weighted by Crippen LogP contribution is -2.03. The normalized spacial score (nSPS) is 10.4. The third-order valence-corrected chi connectivity index (χ3v) is 4.13. The number of hydrogen-bond donors (Lipinski definition) is 0. The quantitative estimate of drug-likeness (QED) is 0.682. The van der Waals surface area contributed by atoms with E-state index in [1.165, 1.54) is 11.3 Å². The van der Waals surface area contributed by atoms with E-state index in [0.29, 0.717) is 17.2 Å². The lowest BCUT2D eigenvalue weighted by Gasteiger charge is -2.01. The van der Waals surface area contributed by atoms with Gasteiger partial charge in [-0.3, -0.25) is 4.98 Å². The molecule has 5 heteroatoms. The van der Waals surface area contributed by atoms with Gasteiger partial charge in [-0.25, -0.2) is 9.78 Å². The van der Waals surface area contributed by atoms with Crippen molar-refractivity contribution < 1.29 is 9.53 Å². The van der Waals surface area contributed by atoms with Crippen LogP contribution in [0.3, 0.4) is 0 Å². The maximum absolute atomic E-state index is 12.2. The number of carbonyl (C=O) groups is 1. The van der Waals surface area contributed by atoms with Crippen molar-refractivity contribution in [1.29, 1.82) is 0 Å². The third kappa shape index (κ3) is 2.89. The summed E-state index contributed by atoms with van der Waals surface area (Å²) in [6.45, 7) is 2.14. The van der Waals surface area contributed by atoms with Gasteiger partial charge in [0.25, 0.3) is 0 Å². The van der Waals surface area contributed by atoms with Crippen LogP contribution in [0.5, 0.6) is 0 Å². The first kappa shape index (κ1) is 14.4. The number of rotatable bonds is 4. The van der Waals surface area contributed by atoms with E-state index in [-0.39, 0.29) is 5.97 Å². The molecule has 1 aromatic carbocycles. The summed E-state index contributed by atoms with van der Waals surface area (Å²) in [6, 6.07) is 13.4. The van der Waals surface area contributed by atoms with E-state index < -0.39 is 0 Å². The Morgan fingerprint density at radius 1 is 1.14 bits per heavy atom. The largest absolute Gasteiger partial charge is 0.462 e. The van der Waals surface area contributed by atoms with Crippen LogP contribution in [0, 0.1) is 0 Å². The highest BCUT2D eigenvalue weighted by Crippen LogP contribution is 2.34. The molecule has 0 aliphatic carbocycles. The van der Waals surface area contributed by atoms with Crippen LogP contribution in [0.25, 0.3) is 21.8 Å². The van der Waals surface area contributed by atoms with Gasteiger partial charge in [0.05, 0.1) is 12.3 Å². The molecule has 0 bridgehead atoms. The van der Waals surface area contributed by atoms with E-state index in [9.17, 15) is 4.79 Å². The van der Waals surface area contributed by atoms with Crippen LogP contribution < -0.4 is 0 Å². The van der Waals surface area contributed by atoms with Crippen molar-refractivity contribution >= 4 is 17.3 Å². The molecule has 0 aliphatic heterocycles. The Morgan fingerprint density at radius 2 is 1.91 bits per heavy atom. The number of esters is 1. The highest BCUT2D eigenvalue weighted by molar-refractivity contribution is 7.17. The van der Waals surface area contributed by atoms with Crippen molar-refractivity contribution in [2.75, 3.05) is 6.61 Å². The number of ether oxygens (including phenoxy) is 1. The Morgan fingerprint density at radius 3 is 2.59 bits per heavy atom. The molecule has 110 valence electrons. The van der Waals surface area contributed by atoms with Gasteiger partial charge in [-0.15, -0.1) is 11.3 Å². The minimum atomic E-state index is -0.339. The van der Waals surface area contributed by atoms with Crippen LogP contribution in [0.1, 0.15) is 16.6 Å². The van der Waals surface area contributed by atoms with Crippen molar-refractivity contribution in [2.45, 2.75) is 6.92 Å². The van der Waals surface area contributed by atoms with E-state index in [4.69, 9.17) is 4.74 Å². The van der Waals surface area contributed by atoms with Gasteiger partial charge in [0.1, 0.15) is 9.88 Å². The summed E-state index contributed by atoms with van der Waals surface area (Å²) in [4.78, 5) is 21.5. The maximum atomic E-state index is 12.2. The van der Waals surface area contributed by atoms with Gasteiger partial charge < -0.3 is 4.74 Å². The Hall–Kier alpha value is -2.53. The van der Waals surface area contributed by atoms with Gasteiger partial charge in [0, 0.05) is 23.5 Å². The highest BCUT2D eigenvalue weighted by atomic mass is 32.1. The van der Waals surface area contributed by atoms with Crippen molar-refractivity contribution in [1.82, 2.24) is 9.97 Å². The monoisotopic (exact) mass is 310 g/mol. The minimum Gasteiger partial charge on any atom is -0.462 e. The highest BCUT2D eigenvalue weighted by Gasteiger charge is 2.21. The van der Waals surface area contributed by atoms with E-state index in [2.05, 4.69) is 9.97 Å². The second kappa shape index (κ2) is 6.49. The molecule has 3 aromatic rings. The van der Waals surface area contributed by atoms with Gasteiger partial charge in [-0.1, -0.05) is 30.3 Å². The van der Waals surface area contributed by atoms with Crippen LogP contribution in [-0.4, -0.2) is 22.5 Å². The number of thiazole rings is 1. The Labute approximate surface area is 132 Å². The number of hydrogen-bond acceptors (Lipinski definition) is 5. The molecule has 0 aliphatic rings. The molecule has 0 unspecified atom stereocenters. The summed E-state index contributed by atoms with van der Waals surface area (Å²) in [6.07, 6.45) is 3.45. The molecule has 0 saturated carbocycles. The average molecular weight is 310 g/mol. The lowest BCUT2D eigenvalue weighted by atomic mass is 10.1. The van der Waals surface area contributed by atoms with E-state index in [0.717, 1.165) is 16.1 Å². The smallest absolute Gasteiger partial charge is 0.350 e. The fourth-order valence-corrected chi connectivity index (χ4v) is 3.03.